The summed E-state index contributed by atoms with van der Waals surface area (Å²) >= 11 is 1.56. The van der Waals surface area contributed by atoms with Crippen molar-refractivity contribution in [3.05, 3.63) is 57.3 Å². The molecule has 1 aromatic heterocycles. The average molecular weight is 463 g/mol. The minimum Gasteiger partial charge on any atom is -0.494 e. The van der Waals surface area contributed by atoms with Gasteiger partial charge >= 0.3 is 6.18 Å². The predicted octanol–water partition coefficient (Wildman–Crippen LogP) is 6.27. The van der Waals surface area contributed by atoms with Crippen molar-refractivity contribution in [2.75, 3.05) is 6.61 Å². The number of ether oxygens (including phenoxy) is 1. The molecule has 0 saturated heterocycles. The summed E-state index contributed by atoms with van der Waals surface area (Å²) in [7, 11) is 0. The molecule has 4 nitrogen and oxygen atoms in total. The molecule has 3 rings (SSSR count). The number of benzene rings is 1. The van der Waals surface area contributed by atoms with Crippen molar-refractivity contribution in [1.29, 1.82) is 5.26 Å². The predicted molar refractivity (Wildman–Crippen MR) is 118 cm³/mol. The number of unbranched alkanes of at least 4 members (excludes halogenated alkanes) is 2. The first-order valence-electron chi connectivity index (χ1n) is 10.4. The minimum atomic E-state index is -4.10. The SMILES string of the molecule is Cc1ccc(C2=C(C#N)C(=O)NC(C)(c3ccc(OCCCCCC(F)(F)F)cc3)C2)s1. The average Bonchev–Trinajstić information content (AvgIpc) is 3.16. The van der Waals surface area contributed by atoms with Gasteiger partial charge in [-0.3, -0.25) is 4.79 Å². The van der Waals surface area contributed by atoms with Gasteiger partial charge in [-0.05, 0) is 68.5 Å². The van der Waals surface area contributed by atoms with Gasteiger partial charge in [0, 0.05) is 22.6 Å². The molecule has 1 aromatic carbocycles. The molecule has 170 valence electrons. The second kappa shape index (κ2) is 9.78. The van der Waals surface area contributed by atoms with Crippen molar-refractivity contribution in [2.24, 2.45) is 0 Å². The number of thiophene rings is 1. The van der Waals surface area contributed by atoms with E-state index in [0.29, 0.717) is 31.6 Å². The van der Waals surface area contributed by atoms with Crippen LogP contribution in [0.25, 0.3) is 5.57 Å². The Labute approximate surface area is 189 Å². The molecule has 0 fully saturated rings. The molecule has 1 unspecified atom stereocenters. The van der Waals surface area contributed by atoms with Gasteiger partial charge in [0.25, 0.3) is 5.91 Å². The van der Waals surface area contributed by atoms with Crippen LogP contribution in [-0.4, -0.2) is 18.7 Å². The molecule has 0 radical (unpaired) electrons. The number of hydrogen-bond donors (Lipinski definition) is 1. The number of halogens is 3. The summed E-state index contributed by atoms with van der Waals surface area (Å²) in [4.78, 5) is 14.7. The minimum absolute atomic E-state index is 0.105. The summed E-state index contributed by atoms with van der Waals surface area (Å²) in [6, 6.07) is 13.3. The van der Waals surface area contributed by atoms with Crippen LogP contribution in [-0.2, 0) is 10.3 Å². The Balaban J connectivity index is 1.64. The van der Waals surface area contributed by atoms with E-state index >= 15 is 0 Å². The molecular weight excluding hydrogens is 437 g/mol. The van der Waals surface area contributed by atoms with Crippen molar-refractivity contribution < 1.29 is 22.7 Å². The smallest absolute Gasteiger partial charge is 0.389 e. The molecule has 1 N–H and O–H groups in total. The molecule has 8 heteroatoms. The third-order valence-corrected chi connectivity index (χ3v) is 6.52. The molecule has 1 aliphatic heterocycles. The largest absolute Gasteiger partial charge is 0.494 e. The van der Waals surface area contributed by atoms with Crippen molar-refractivity contribution in [3.63, 3.8) is 0 Å². The molecule has 0 aliphatic carbocycles. The number of nitriles is 1. The number of carbonyl (C=O) groups excluding carboxylic acids is 1. The number of nitrogens with zero attached hydrogens (tertiary/aromatic N) is 1. The second-order valence-corrected chi connectivity index (χ2v) is 9.43. The van der Waals surface area contributed by atoms with Gasteiger partial charge in [-0.15, -0.1) is 11.3 Å². The van der Waals surface area contributed by atoms with E-state index in [1.807, 2.05) is 44.2 Å². The molecule has 0 spiro atoms. The van der Waals surface area contributed by atoms with Crippen LogP contribution in [0.5, 0.6) is 5.75 Å². The number of carbonyl (C=O) groups is 1. The Morgan fingerprint density at radius 3 is 2.47 bits per heavy atom. The van der Waals surface area contributed by atoms with Crippen molar-refractivity contribution in [3.8, 4) is 11.8 Å². The van der Waals surface area contributed by atoms with Crippen LogP contribution in [0.2, 0.25) is 0 Å². The van der Waals surface area contributed by atoms with Gasteiger partial charge in [0.05, 0.1) is 12.1 Å². The number of aryl methyl sites for hydroxylation is 1. The maximum Gasteiger partial charge on any atom is 0.389 e. The number of alkyl halides is 3. The number of amides is 1. The van der Waals surface area contributed by atoms with E-state index in [1.165, 1.54) is 0 Å². The van der Waals surface area contributed by atoms with Crippen LogP contribution in [0.4, 0.5) is 13.2 Å². The van der Waals surface area contributed by atoms with Gasteiger partial charge < -0.3 is 10.1 Å². The molecule has 1 amide bonds. The summed E-state index contributed by atoms with van der Waals surface area (Å²) in [5, 5.41) is 12.5. The van der Waals surface area contributed by atoms with Crippen LogP contribution in [0.1, 0.15) is 54.3 Å². The van der Waals surface area contributed by atoms with Gasteiger partial charge in [-0.2, -0.15) is 18.4 Å². The van der Waals surface area contributed by atoms with E-state index in [-0.39, 0.29) is 17.9 Å². The van der Waals surface area contributed by atoms with E-state index in [1.54, 1.807) is 23.5 Å². The topological polar surface area (TPSA) is 62.1 Å². The fourth-order valence-corrected chi connectivity index (χ4v) is 4.67. The molecule has 1 aliphatic rings. The van der Waals surface area contributed by atoms with Crippen LogP contribution in [0, 0.1) is 18.3 Å². The Morgan fingerprint density at radius 2 is 1.88 bits per heavy atom. The normalized spacial score (nSPS) is 18.9. The molecular formula is C24H25F3N2O2S. The zero-order chi connectivity index (χ0) is 23.4. The highest BCUT2D eigenvalue weighted by molar-refractivity contribution is 7.13. The van der Waals surface area contributed by atoms with Gasteiger partial charge in [0.1, 0.15) is 17.4 Å². The quantitative estimate of drug-likeness (QED) is 0.470. The number of hydrogen-bond acceptors (Lipinski definition) is 4. The summed E-state index contributed by atoms with van der Waals surface area (Å²) in [5.74, 6) is 0.235. The summed E-state index contributed by atoms with van der Waals surface area (Å²) in [6.45, 7) is 4.26. The highest BCUT2D eigenvalue weighted by Crippen LogP contribution is 2.40. The van der Waals surface area contributed by atoms with Crippen molar-refractivity contribution in [1.82, 2.24) is 5.32 Å². The lowest BCUT2D eigenvalue weighted by molar-refractivity contribution is -0.135. The summed E-state index contributed by atoms with van der Waals surface area (Å²) < 4.78 is 42.1. The lowest BCUT2D eigenvalue weighted by Crippen LogP contribution is -2.47. The molecule has 1 atom stereocenters. The first-order valence-corrected chi connectivity index (χ1v) is 11.3. The first-order chi connectivity index (χ1) is 15.1. The third-order valence-electron chi connectivity index (χ3n) is 5.46. The van der Waals surface area contributed by atoms with E-state index in [4.69, 9.17) is 4.74 Å². The van der Waals surface area contributed by atoms with Crippen molar-refractivity contribution in [2.45, 2.75) is 57.7 Å². The first kappa shape index (κ1) is 23.9. The van der Waals surface area contributed by atoms with Crippen LogP contribution < -0.4 is 10.1 Å². The summed E-state index contributed by atoms with van der Waals surface area (Å²) in [6.07, 6.45) is -3.26. The Hall–Kier alpha value is -2.79. The number of rotatable bonds is 8. The Morgan fingerprint density at radius 1 is 1.16 bits per heavy atom. The van der Waals surface area contributed by atoms with Gasteiger partial charge in [0.2, 0.25) is 0 Å². The molecule has 0 saturated carbocycles. The molecule has 2 heterocycles. The van der Waals surface area contributed by atoms with Crippen LogP contribution in [0.3, 0.4) is 0 Å². The van der Waals surface area contributed by atoms with E-state index in [2.05, 4.69) is 5.32 Å². The summed E-state index contributed by atoms with van der Waals surface area (Å²) in [5.41, 5.74) is 1.10. The van der Waals surface area contributed by atoms with Crippen molar-refractivity contribution >= 4 is 22.8 Å². The lowest BCUT2D eigenvalue weighted by Gasteiger charge is -2.36. The standard InChI is InChI=1S/C24H25F3N2O2S/c1-16-6-11-21(32-16)19-14-23(2,29-22(30)20(19)15-28)17-7-9-18(10-8-17)31-13-5-3-4-12-24(25,26)27/h6-11H,3-5,12-14H2,1-2H3,(H,29,30). The zero-order valence-corrected chi connectivity index (χ0v) is 18.8. The second-order valence-electron chi connectivity index (χ2n) is 8.14. The fraction of sp³-hybridized carbons (Fsp3) is 0.417. The molecule has 32 heavy (non-hydrogen) atoms. The maximum atomic E-state index is 12.7. The van der Waals surface area contributed by atoms with Gasteiger partial charge in [-0.25, -0.2) is 0 Å². The molecule has 0 bridgehead atoms. The number of nitrogens with one attached hydrogen (secondary N) is 1. The van der Waals surface area contributed by atoms with E-state index < -0.39 is 18.1 Å². The monoisotopic (exact) mass is 462 g/mol. The van der Waals surface area contributed by atoms with Crippen LogP contribution in [0.15, 0.2) is 42.0 Å². The zero-order valence-electron chi connectivity index (χ0n) is 18.0. The fourth-order valence-electron chi connectivity index (χ4n) is 3.75. The van der Waals surface area contributed by atoms with E-state index in [9.17, 15) is 23.2 Å². The third kappa shape index (κ3) is 5.92. The molecule has 2 aromatic rings. The Bertz CT molecular complexity index is 1030. The van der Waals surface area contributed by atoms with E-state index in [0.717, 1.165) is 20.9 Å². The Kier molecular flexibility index (Phi) is 7.29. The van der Waals surface area contributed by atoms with Gasteiger partial charge in [-0.1, -0.05) is 12.1 Å². The highest BCUT2D eigenvalue weighted by Gasteiger charge is 2.38. The van der Waals surface area contributed by atoms with Crippen LogP contribution >= 0.6 is 11.3 Å². The van der Waals surface area contributed by atoms with Gasteiger partial charge in [0.15, 0.2) is 0 Å². The highest BCUT2D eigenvalue weighted by atomic mass is 32.1. The lowest BCUT2D eigenvalue weighted by atomic mass is 9.80. The maximum absolute atomic E-state index is 12.7.